The van der Waals surface area contributed by atoms with Gasteiger partial charge in [-0.1, -0.05) is 0 Å². The average molecular weight is 307 g/mol. The third-order valence-electron chi connectivity index (χ3n) is 3.33. The van der Waals surface area contributed by atoms with E-state index in [4.69, 9.17) is 11.5 Å². The quantitative estimate of drug-likeness (QED) is 0.865. The van der Waals surface area contributed by atoms with Gasteiger partial charge in [0.2, 0.25) is 0 Å². The number of hydrogen-bond donors (Lipinski definition) is 2. The zero-order valence-electron chi connectivity index (χ0n) is 12.0. The van der Waals surface area contributed by atoms with E-state index in [0.29, 0.717) is 22.9 Å². The smallest absolute Gasteiger partial charge is 0.163 e. The molecule has 0 fully saturated rings. The molecule has 0 bridgehead atoms. The van der Waals surface area contributed by atoms with Crippen LogP contribution in [0.15, 0.2) is 24.4 Å². The van der Waals surface area contributed by atoms with Gasteiger partial charge in [0.05, 0.1) is 5.69 Å². The Labute approximate surface area is 123 Å². The lowest BCUT2D eigenvalue weighted by Crippen LogP contribution is -2.29. The zero-order chi connectivity index (χ0) is 15.8. The van der Waals surface area contributed by atoms with E-state index in [1.807, 2.05) is 0 Å². The molecule has 2 aromatic rings. The summed E-state index contributed by atoms with van der Waals surface area (Å²) >= 11 is 0. The van der Waals surface area contributed by atoms with Crippen LogP contribution in [0.3, 0.4) is 0 Å². The number of anilines is 2. The molecular weight excluding hydrogens is 290 g/mol. The average Bonchev–Trinajstić information content (AvgIpc) is 2.37. The van der Waals surface area contributed by atoms with Crippen molar-refractivity contribution >= 4 is 21.5 Å². The van der Waals surface area contributed by atoms with Gasteiger partial charge in [0.25, 0.3) is 0 Å². The molecule has 0 amide bonds. The van der Waals surface area contributed by atoms with Gasteiger partial charge in [0, 0.05) is 24.1 Å². The van der Waals surface area contributed by atoms with Gasteiger partial charge in [-0.05, 0) is 26.0 Å². The van der Waals surface area contributed by atoms with Crippen LogP contribution in [-0.4, -0.2) is 29.6 Å². The molecule has 0 saturated carbocycles. The van der Waals surface area contributed by atoms with Crippen LogP contribution in [0.1, 0.15) is 19.5 Å². The Balaban J connectivity index is 2.60. The predicted octanol–water partition coefficient (Wildman–Crippen LogP) is 0.983. The summed E-state index contributed by atoms with van der Waals surface area (Å²) in [5.74, 6) is 0.886. The molecule has 112 valence electrons. The molecule has 21 heavy (non-hydrogen) atoms. The van der Waals surface area contributed by atoms with Crippen molar-refractivity contribution in [2.45, 2.75) is 18.6 Å². The van der Waals surface area contributed by atoms with E-state index in [0.717, 1.165) is 6.26 Å². The monoisotopic (exact) mass is 307 g/mol. The van der Waals surface area contributed by atoms with Crippen LogP contribution in [-0.2, 0) is 14.6 Å². The second kappa shape index (κ2) is 4.96. The Hall–Kier alpha value is -2.22. The Morgan fingerprint density at radius 3 is 2.29 bits per heavy atom. The van der Waals surface area contributed by atoms with Crippen molar-refractivity contribution in [3.63, 3.8) is 0 Å². The first-order valence-corrected chi connectivity index (χ1v) is 8.07. The molecule has 0 saturated heterocycles. The summed E-state index contributed by atoms with van der Waals surface area (Å²) in [7, 11) is -3.36. The van der Waals surface area contributed by atoms with Crippen molar-refractivity contribution in [3.8, 4) is 11.4 Å². The molecule has 0 radical (unpaired) electrons. The molecule has 2 heterocycles. The van der Waals surface area contributed by atoms with E-state index in [-0.39, 0.29) is 5.82 Å². The Morgan fingerprint density at radius 1 is 1.10 bits per heavy atom. The largest absolute Gasteiger partial charge is 0.384 e. The molecular formula is C13H17N5O2S. The van der Waals surface area contributed by atoms with Crippen LogP contribution in [0.25, 0.3) is 11.4 Å². The number of nitrogens with zero attached hydrogens (tertiary/aromatic N) is 3. The lowest BCUT2D eigenvalue weighted by molar-refractivity contribution is 0.556. The fourth-order valence-electron chi connectivity index (χ4n) is 1.63. The third-order valence-corrected chi connectivity index (χ3v) is 5.40. The van der Waals surface area contributed by atoms with Crippen molar-refractivity contribution < 1.29 is 8.42 Å². The molecule has 7 nitrogen and oxygen atoms in total. The van der Waals surface area contributed by atoms with Crippen molar-refractivity contribution in [1.82, 2.24) is 15.0 Å². The minimum atomic E-state index is -3.36. The highest BCUT2D eigenvalue weighted by molar-refractivity contribution is 7.91. The first-order chi connectivity index (χ1) is 9.61. The maximum atomic E-state index is 11.9. The number of nitrogen functional groups attached to an aromatic ring is 2. The van der Waals surface area contributed by atoms with E-state index < -0.39 is 14.6 Å². The topological polar surface area (TPSA) is 125 Å². The van der Waals surface area contributed by atoms with E-state index in [1.54, 1.807) is 26.0 Å². The van der Waals surface area contributed by atoms with Gasteiger partial charge in [-0.2, -0.15) is 0 Å². The lowest BCUT2D eigenvalue weighted by atomic mass is 10.1. The number of nitrogens with two attached hydrogens (primary N) is 2. The first-order valence-electron chi connectivity index (χ1n) is 6.18. The highest BCUT2D eigenvalue weighted by Gasteiger charge is 2.34. The Kier molecular flexibility index (Phi) is 3.58. The van der Waals surface area contributed by atoms with E-state index in [9.17, 15) is 8.42 Å². The fraction of sp³-hybridized carbons (Fsp3) is 0.308. The van der Waals surface area contributed by atoms with E-state index >= 15 is 0 Å². The summed E-state index contributed by atoms with van der Waals surface area (Å²) in [4.78, 5) is 12.4. The van der Waals surface area contributed by atoms with E-state index in [2.05, 4.69) is 15.0 Å². The molecule has 8 heteroatoms. The second-order valence-electron chi connectivity index (χ2n) is 5.26. The molecule has 0 aliphatic heterocycles. The molecule has 0 spiro atoms. The number of sulfone groups is 1. The van der Waals surface area contributed by atoms with Gasteiger partial charge in [-0.15, -0.1) is 0 Å². The number of pyridine rings is 1. The summed E-state index contributed by atoms with van der Waals surface area (Å²) in [6, 6.07) is 4.78. The molecule has 2 rings (SSSR count). The van der Waals surface area contributed by atoms with Gasteiger partial charge >= 0.3 is 0 Å². The Morgan fingerprint density at radius 2 is 1.76 bits per heavy atom. The van der Waals surface area contributed by atoms with Gasteiger partial charge in [0.15, 0.2) is 15.7 Å². The SMILES string of the molecule is CC(C)(c1cc(N)nc(-c2ccc(N)nc2)n1)S(C)(=O)=O. The minimum absolute atomic E-state index is 0.198. The standard InChI is InChI=1S/C13H17N5O2S/c1-13(2,21(3,19)20)9-6-11(15)18-12(17-9)8-4-5-10(14)16-7-8/h4-7H,1-3H3,(H2,14,16)(H2,15,17,18). The van der Waals surface area contributed by atoms with Crippen LogP contribution in [0, 0.1) is 0 Å². The molecule has 0 aliphatic rings. The second-order valence-corrected chi connectivity index (χ2v) is 7.82. The highest BCUT2D eigenvalue weighted by Crippen LogP contribution is 2.29. The minimum Gasteiger partial charge on any atom is -0.384 e. The maximum absolute atomic E-state index is 11.9. The number of hydrogen-bond acceptors (Lipinski definition) is 7. The fourth-order valence-corrected chi connectivity index (χ4v) is 2.12. The van der Waals surface area contributed by atoms with Gasteiger partial charge in [0.1, 0.15) is 16.4 Å². The predicted molar refractivity (Wildman–Crippen MR) is 82.0 cm³/mol. The Bertz CT molecular complexity index is 770. The van der Waals surface area contributed by atoms with Gasteiger partial charge in [-0.25, -0.2) is 23.4 Å². The van der Waals surface area contributed by atoms with Gasteiger partial charge in [-0.3, -0.25) is 0 Å². The normalized spacial score (nSPS) is 12.3. The van der Waals surface area contributed by atoms with Crippen molar-refractivity contribution in [2.75, 3.05) is 17.7 Å². The summed E-state index contributed by atoms with van der Waals surface area (Å²) in [5.41, 5.74) is 12.3. The number of rotatable bonds is 3. The highest BCUT2D eigenvalue weighted by atomic mass is 32.2. The van der Waals surface area contributed by atoms with Crippen molar-refractivity contribution in [1.29, 1.82) is 0 Å². The molecule has 0 aliphatic carbocycles. The van der Waals surface area contributed by atoms with Crippen LogP contribution < -0.4 is 11.5 Å². The van der Waals surface area contributed by atoms with Crippen LogP contribution in [0.5, 0.6) is 0 Å². The lowest BCUT2D eigenvalue weighted by Gasteiger charge is -2.22. The van der Waals surface area contributed by atoms with Crippen LogP contribution in [0.4, 0.5) is 11.6 Å². The molecule has 0 unspecified atom stereocenters. The molecule has 4 N–H and O–H groups in total. The van der Waals surface area contributed by atoms with Crippen molar-refractivity contribution in [3.05, 3.63) is 30.1 Å². The van der Waals surface area contributed by atoms with Crippen LogP contribution >= 0.6 is 0 Å². The van der Waals surface area contributed by atoms with E-state index in [1.165, 1.54) is 12.3 Å². The summed E-state index contributed by atoms with van der Waals surface area (Å²) < 4.78 is 22.7. The first kappa shape index (κ1) is 15.2. The summed E-state index contributed by atoms with van der Waals surface area (Å²) in [6.07, 6.45) is 2.68. The third kappa shape index (κ3) is 2.94. The number of aromatic nitrogens is 3. The summed E-state index contributed by atoms with van der Waals surface area (Å²) in [6.45, 7) is 3.16. The zero-order valence-corrected chi connectivity index (χ0v) is 12.8. The van der Waals surface area contributed by atoms with Crippen molar-refractivity contribution in [2.24, 2.45) is 0 Å². The molecule has 0 atom stereocenters. The summed E-state index contributed by atoms with van der Waals surface area (Å²) in [5, 5.41) is 0. The van der Waals surface area contributed by atoms with Gasteiger partial charge < -0.3 is 11.5 Å². The molecule has 2 aromatic heterocycles. The maximum Gasteiger partial charge on any atom is 0.163 e. The molecule has 0 aromatic carbocycles. The van der Waals surface area contributed by atoms with Crippen LogP contribution in [0.2, 0.25) is 0 Å².